The van der Waals surface area contributed by atoms with Crippen molar-refractivity contribution in [3.63, 3.8) is 0 Å². The van der Waals surface area contributed by atoms with Gasteiger partial charge in [-0.05, 0) is 47.5 Å². The van der Waals surface area contributed by atoms with E-state index in [1.165, 1.54) is 6.42 Å². The average Bonchev–Trinajstić information content (AvgIpc) is 3.67. The van der Waals surface area contributed by atoms with Gasteiger partial charge in [-0.1, -0.05) is 24.4 Å². The van der Waals surface area contributed by atoms with E-state index in [1.54, 1.807) is 17.2 Å². The van der Waals surface area contributed by atoms with E-state index in [4.69, 9.17) is 14.2 Å². The second-order valence-electron chi connectivity index (χ2n) is 9.09. The summed E-state index contributed by atoms with van der Waals surface area (Å²) in [6.45, 7) is 0.796. The van der Waals surface area contributed by atoms with Crippen molar-refractivity contribution in [2.75, 3.05) is 13.2 Å². The minimum Gasteiger partial charge on any atom is -0.423 e. The van der Waals surface area contributed by atoms with E-state index in [1.807, 2.05) is 35.0 Å². The lowest BCUT2D eigenvalue weighted by molar-refractivity contribution is -0.127. The molecule has 11 heteroatoms. The fourth-order valence-corrected chi connectivity index (χ4v) is 5.14. The molecule has 0 bridgehead atoms. The van der Waals surface area contributed by atoms with Crippen LogP contribution in [-0.2, 0) is 14.3 Å². The van der Waals surface area contributed by atoms with E-state index >= 15 is 0 Å². The number of rotatable bonds is 6. The third-order valence-electron chi connectivity index (χ3n) is 6.96. The molecule has 4 atom stereocenters. The number of tetrazole rings is 1. The van der Waals surface area contributed by atoms with Gasteiger partial charge in [-0.15, -0.1) is 0 Å². The largest absolute Gasteiger partial charge is 0.423 e. The van der Waals surface area contributed by atoms with Crippen molar-refractivity contribution < 1.29 is 19.0 Å². The van der Waals surface area contributed by atoms with Crippen molar-refractivity contribution in [1.29, 1.82) is 0 Å². The standard InChI is InChI=1S/C23H27N7O4/c31-22(15-4-2-1-3-5-15)25-18-12-32-21-19(13-33-20(18)21)30-23(26-27-28-30)34-17-8-6-16(7-9-17)29-11-10-24-14-29/h6-11,14-15,18-21H,1-5,12-13H2,(H,25,31)/t18-,19+,20-,21+/m0/s1. The van der Waals surface area contributed by atoms with Gasteiger partial charge in [-0.25, -0.2) is 4.98 Å². The molecule has 1 N–H and O–H groups in total. The topological polar surface area (TPSA) is 118 Å². The van der Waals surface area contributed by atoms with Gasteiger partial charge in [0.15, 0.2) is 0 Å². The van der Waals surface area contributed by atoms with Gasteiger partial charge >= 0.3 is 6.01 Å². The summed E-state index contributed by atoms with van der Waals surface area (Å²) < 4.78 is 21.6. The molecule has 34 heavy (non-hydrogen) atoms. The summed E-state index contributed by atoms with van der Waals surface area (Å²) in [6, 6.07) is 7.43. The number of hydrogen-bond donors (Lipinski definition) is 1. The highest BCUT2D eigenvalue weighted by Crippen LogP contribution is 2.36. The van der Waals surface area contributed by atoms with Crippen LogP contribution in [0.4, 0.5) is 0 Å². The van der Waals surface area contributed by atoms with Gasteiger partial charge in [0, 0.05) is 24.0 Å². The molecule has 2 aromatic heterocycles. The van der Waals surface area contributed by atoms with Crippen LogP contribution in [0.2, 0.25) is 0 Å². The predicted octanol–water partition coefficient (Wildman–Crippen LogP) is 2.05. The molecule has 1 aliphatic carbocycles. The molecule has 3 aliphatic rings. The van der Waals surface area contributed by atoms with Crippen LogP contribution in [0, 0.1) is 5.92 Å². The SMILES string of the molecule is O=C(N[C@H]1CO[C@H]2[C@H]1OC[C@H]2n1nnnc1Oc1ccc(-n2ccnc2)cc1)C1CCCCC1. The zero-order chi connectivity index (χ0) is 22.9. The summed E-state index contributed by atoms with van der Waals surface area (Å²) in [5, 5.41) is 15.2. The molecular weight excluding hydrogens is 438 g/mol. The number of fused-ring (bicyclic) bond motifs is 1. The number of ether oxygens (including phenoxy) is 3. The zero-order valence-electron chi connectivity index (χ0n) is 18.7. The summed E-state index contributed by atoms with van der Waals surface area (Å²) in [7, 11) is 0. The number of amides is 1. The molecule has 2 aliphatic heterocycles. The second kappa shape index (κ2) is 9.15. The molecular formula is C23H27N7O4. The molecule has 1 saturated carbocycles. The molecule has 0 radical (unpaired) electrons. The molecule has 0 unspecified atom stereocenters. The minimum absolute atomic E-state index is 0.102. The van der Waals surface area contributed by atoms with Crippen LogP contribution in [0.3, 0.4) is 0 Å². The molecule has 3 aromatic rings. The fourth-order valence-electron chi connectivity index (χ4n) is 5.14. The molecule has 178 valence electrons. The van der Waals surface area contributed by atoms with Gasteiger partial charge in [0.05, 0.1) is 25.6 Å². The first-order valence-electron chi connectivity index (χ1n) is 11.8. The molecule has 4 heterocycles. The molecule has 1 aromatic carbocycles. The smallest absolute Gasteiger partial charge is 0.341 e. The Bertz CT molecular complexity index is 1110. The third-order valence-corrected chi connectivity index (χ3v) is 6.96. The number of imidazole rings is 1. The first-order chi connectivity index (χ1) is 16.8. The number of nitrogens with one attached hydrogen (secondary N) is 1. The van der Waals surface area contributed by atoms with Crippen LogP contribution in [-0.4, -0.2) is 67.1 Å². The quantitative estimate of drug-likeness (QED) is 0.588. The van der Waals surface area contributed by atoms with Crippen molar-refractivity contribution in [2.45, 2.75) is 56.4 Å². The van der Waals surface area contributed by atoms with Gasteiger partial charge < -0.3 is 24.1 Å². The number of nitrogens with zero attached hydrogens (tertiary/aromatic N) is 6. The maximum atomic E-state index is 12.7. The average molecular weight is 466 g/mol. The van der Waals surface area contributed by atoms with Gasteiger partial charge in [0.2, 0.25) is 5.91 Å². The minimum atomic E-state index is -0.258. The van der Waals surface area contributed by atoms with E-state index in [0.29, 0.717) is 19.0 Å². The Labute approximate surface area is 196 Å². The molecule has 1 amide bonds. The highest BCUT2D eigenvalue weighted by Gasteiger charge is 2.50. The lowest BCUT2D eigenvalue weighted by Gasteiger charge is -2.24. The van der Waals surface area contributed by atoms with Crippen LogP contribution in [0.25, 0.3) is 5.69 Å². The first-order valence-corrected chi connectivity index (χ1v) is 11.8. The lowest BCUT2D eigenvalue weighted by Crippen LogP contribution is -2.46. The molecule has 2 saturated heterocycles. The van der Waals surface area contributed by atoms with Gasteiger partial charge in [-0.2, -0.15) is 4.68 Å². The van der Waals surface area contributed by atoms with Crippen molar-refractivity contribution in [3.8, 4) is 17.4 Å². The van der Waals surface area contributed by atoms with Crippen LogP contribution >= 0.6 is 0 Å². The van der Waals surface area contributed by atoms with E-state index in [0.717, 1.165) is 31.4 Å². The molecule has 6 rings (SSSR count). The zero-order valence-corrected chi connectivity index (χ0v) is 18.7. The van der Waals surface area contributed by atoms with Crippen molar-refractivity contribution >= 4 is 5.91 Å². The van der Waals surface area contributed by atoms with Crippen LogP contribution in [0.15, 0.2) is 43.0 Å². The summed E-state index contributed by atoms with van der Waals surface area (Å²) in [5.74, 6) is 0.830. The second-order valence-corrected chi connectivity index (χ2v) is 9.09. The monoisotopic (exact) mass is 465 g/mol. The number of benzene rings is 1. The summed E-state index contributed by atoms with van der Waals surface area (Å²) in [4.78, 5) is 16.8. The normalized spacial score (nSPS) is 26.9. The Morgan fingerprint density at radius 2 is 1.88 bits per heavy atom. The van der Waals surface area contributed by atoms with Crippen molar-refractivity contribution in [1.82, 2.24) is 35.1 Å². The van der Waals surface area contributed by atoms with E-state index in [9.17, 15) is 4.79 Å². The predicted molar refractivity (Wildman–Crippen MR) is 118 cm³/mol. The van der Waals surface area contributed by atoms with Crippen molar-refractivity contribution in [2.24, 2.45) is 5.92 Å². The van der Waals surface area contributed by atoms with E-state index < -0.39 is 0 Å². The number of carbonyl (C=O) groups is 1. The Hall–Kier alpha value is -3.31. The molecule has 11 nitrogen and oxygen atoms in total. The Balaban J connectivity index is 1.11. The van der Waals surface area contributed by atoms with Gasteiger partial charge in [0.25, 0.3) is 0 Å². The highest BCUT2D eigenvalue weighted by molar-refractivity contribution is 5.79. The summed E-state index contributed by atoms with van der Waals surface area (Å²) in [5.41, 5.74) is 0.970. The Morgan fingerprint density at radius 3 is 2.68 bits per heavy atom. The van der Waals surface area contributed by atoms with E-state index in [2.05, 4.69) is 25.8 Å². The molecule has 3 fully saturated rings. The summed E-state index contributed by atoms with van der Waals surface area (Å²) in [6.07, 6.45) is 10.2. The highest BCUT2D eigenvalue weighted by atomic mass is 16.6. The maximum absolute atomic E-state index is 12.7. The van der Waals surface area contributed by atoms with E-state index in [-0.39, 0.29) is 42.1 Å². The maximum Gasteiger partial charge on any atom is 0.341 e. The number of carbonyl (C=O) groups excluding carboxylic acids is 1. The summed E-state index contributed by atoms with van der Waals surface area (Å²) >= 11 is 0. The third kappa shape index (κ3) is 4.05. The molecule has 0 spiro atoms. The Morgan fingerprint density at radius 1 is 1.06 bits per heavy atom. The van der Waals surface area contributed by atoms with Gasteiger partial charge in [0.1, 0.15) is 24.0 Å². The number of hydrogen-bond acceptors (Lipinski definition) is 8. The van der Waals surface area contributed by atoms with Crippen molar-refractivity contribution in [3.05, 3.63) is 43.0 Å². The van der Waals surface area contributed by atoms with Crippen LogP contribution in [0.1, 0.15) is 38.1 Å². The van der Waals surface area contributed by atoms with Gasteiger partial charge in [-0.3, -0.25) is 4.79 Å². The number of aromatic nitrogens is 6. The van der Waals surface area contributed by atoms with Crippen LogP contribution in [0.5, 0.6) is 11.8 Å². The fraction of sp³-hybridized carbons (Fsp3) is 0.522. The first kappa shape index (κ1) is 21.2. The van der Waals surface area contributed by atoms with Crippen LogP contribution < -0.4 is 10.1 Å². The lowest BCUT2D eigenvalue weighted by atomic mass is 9.88. The Kier molecular flexibility index (Phi) is 5.71.